The van der Waals surface area contributed by atoms with E-state index in [2.05, 4.69) is 9.72 Å². The molecule has 0 amide bonds. The first kappa shape index (κ1) is 15.4. The number of alkyl halides is 5. The molecule has 0 aromatic carbocycles. The lowest BCUT2D eigenvalue weighted by Gasteiger charge is -2.16. The lowest BCUT2D eigenvalue weighted by molar-refractivity contribution is -0.275. The molecule has 1 aromatic rings. The first-order valence-electron chi connectivity index (χ1n) is 4.54. The summed E-state index contributed by atoms with van der Waals surface area (Å²) >= 11 is 5.28. The fourth-order valence-electron chi connectivity index (χ4n) is 1.24. The maximum absolute atomic E-state index is 12.7. The lowest BCUT2D eigenvalue weighted by Crippen LogP contribution is -2.20. The van der Waals surface area contributed by atoms with Crippen LogP contribution in [0.4, 0.5) is 22.0 Å². The van der Waals surface area contributed by atoms with Crippen LogP contribution in [-0.2, 0) is 11.2 Å². The average Bonchev–Trinajstić information content (AvgIpc) is 2.18. The molecule has 0 aliphatic rings. The highest BCUT2D eigenvalue weighted by Gasteiger charge is 2.36. The van der Waals surface area contributed by atoms with Crippen LogP contribution in [0.5, 0.6) is 5.75 Å². The molecule has 0 aliphatic carbocycles. The number of carboxylic acid groups (broad SMARTS) is 1. The van der Waals surface area contributed by atoms with Crippen molar-refractivity contribution < 1.29 is 36.6 Å². The maximum atomic E-state index is 12.7. The Morgan fingerprint density at radius 1 is 1.47 bits per heavy atom. The van der Waals surface area contributed by atoms with Crippen LogP contribution in [0.25, 0.3) is 0 Å². The monoisotopic (exact) mass is 305 g/mol. The highest BCUT2D eigenvalue weighted by molar-refractivity contribution is 6.30. The number of carboxylic acids is 1. The number of carbonyl (C=O) groups is 1. The Morgan fingerprint density at radius 3 is 2.47 bits per heavy atom. The first-order valence-corrected chi connectivity index (χ1v) is 4.92. The first-order chi connectivity index (χ1) is 8.61. The van der Waals surface area contributed by atoms with Crippen LogP contribution >= 0.6 is 11.6 Å². The molecule has 0 atom stereocenters. The summed E-state index contributed by atoms with van der Waals surface area (Å²) in [5.41, 5.74) is -1.94. The Morgan fingerprint density at radius 2 is 2.05 bits per heavy atom. The molecule has 19 heavy (non-hydrogen) atoms. The molecule has 0 spiro atoms. The summed E-state index contributed by atoms with van der Waals surface area (Å²) in [7, 11) is 0. The van der Waals surface area contributed by atoms with Gasteiger partial charge in [-0.05, 0) is 0 Å². The number of aliphatic carboxylic acids is 1. The highest BCUT2D eigenvalue weighted by Crippen LogP contribution is 2.39. The molecule has 0 bridgehead atoms. The van der Waals surface area contributed by atoms with Gasteiger partial charge in [0.15, 0.2) is 0 Å². The Kier molecular flexibility index (Phi) is 4.51. The molecule has 1 rings (SSSR count). The largest absolute Gasteiger partial charge is 0.573 e. The zero-order valence-corrected chi connectivity index (χ0v) is 9.60. The molecule has 1 aromatic heterocycles. The molecule has 0 radical (unpaired) electrons. The average molecular weight is 306 g/mol. The Hall–Kier alpha value is -1.64. The van der Waals surface area contributed by atoms with E-state index in [1.54, 1.807) is 0 Å². The van der Waals surface area contributed by atoms with Crippen LogP contribution < -0.4 is 4.74 Å². The van der Waals surface area contributed by atoms with E-state index in [0.29, 0.717) is 6.20 Å². The van der Waals surface area contributed by atoms with Gasteiger partial charge in [0.05, 0.1) is 12.0 Å². The SMILES string of the molecule is O=C(O)Cc1cnc(Cl)c(C(F)F)c1OC(F)(F)F. The van der Waals surface area contributed by atoms with Gasteiger partial charge in [-0.1, -0.05) is 11.6 Å². The summed E-state index contributed by atoms with van der Waals surface area (Å²) in [5.74, 6) is -2.86. The third-order valence-electron chi connectivity index (χ3n) is 1.87. The third-order valence-corrected chi connectivity index (χ3v) is 2.17. The number of halogens is 6. The van der Waals surface area contributed by atoms with Gasteiger partial charge in [0.1, 0.15) is 10.9 Å². The molecule has 1 N–H and O–H groups in total. The second-order valence-electron chi connectivity index (χ2n) is 3.24. The van der Waals surface area contributed by atoms with Crippen molar-refractivity contribution in [3.63, 3.8) is 0 Å². The van der Waals surface area contributed by atoms with Crippen LogP contribution in [0.2, 0.25) is 5.15 Å². The summed E-state index contributed by atoms with van der Waals surface area (Å²) in [6.07, 6.45) is -8.98. The number of hydrogen-bond donors (Lipinski definition) is 1. The van der Waals surface area contributed by atoms with Crippen LogP contribution in [0.1, 0.15) is 17.6 Å². The van der Waals surface area contributed by atoms with Gasteiger partial charge < -0.3 is 9.84 Å². The minimum absolute atomic E-state index is 0.642. The number of ether oxygens (including phenoxy) is 1. The Balaban J connectivity index is 3.39. The number of pyridine rings is 1. The van der Waals surface area contributed by atoms with Crippen molar-refractivity contribution in [3.05, 3.63) is 22.5 Å². The van der Waals surface area contributed by atoms with E-state index in [4.69, 9.17) is 16.7 Å². The maximum Gasteiger partial charge on any atom is 0.573 e. The predicted molar refractivity (Wildman–Crippen MR) is 52.2 cm³/mol. The molecule has 0 fully saturated rings. The minimum atomic E-state index is -5.26. The van der Waals surface area contributed by atoms with E-state index in [1.807, 2.05) is 0 Å². The van der Waals surface area contributed by atoms with Crippen molar-refractivity contribution in [3.8, 4) is 5.75 Å². The second kappa shape index (κ2) is 5.55. The molecule has 0 saturated carbocycles. The smallest absolute Gasteiger partial charge is 0.481 e. The molecule has 4 nitrogen and oxygen atoms in total. The summed E-state index contributed by atoms with van der Waals surface area (Å²) in [5, 5.41) is 7.62. The summed E-state index contributed by atoms with van der Waals surface area (Å²) in [6, 6.07) is 0. The standard InChI is InChI=1S/C9H5ClF5NO3/c10-7-5(8(11)12)6(19-9(13,14)15)3(2-16-7)1-4(17)18/h2,8H,1H2,(H,17,18). The zero-order chi connectivity index (χ0) is 14.8. The van der Waals surface area contributed by atoms with Gasteiger partial charge in [-0.3, -0.25) is 4.79 Å². The predicted octanol–water partition coefficient (Wildman–Crippen LogP) is 3.20. The Labute approximate surface area is 107 Å². The quantitative estimate of drug-likeness (QED) is 0.685. The van der Waals surface area contributed by atoms with Crippen LogP contribution in [0.15, 0.2) is 6.20 Å². The van der Waals surface area contributed by atoms with Crippen LogP contribution in [0, 0.1) is 0 Å². The molecule has 10 heteroatoms. The molecular formula is C9H5ClF5NO3. The molecule has 1 heterocycles. The van der Waals surface area contributed by atoms with Crippen molar-refractivity contribution in [1.82, 2.24) is 4.98 Å². The van der Waals surface area contributed by atoms with Crippen molar-refractivity contribution in [2.24, 2.45) is 0 Å². The van der Waals surface area contributed by atoms with Gasteiger partial charge in [0.25, 0.3) is 6.43 Å². The van der Waals surface area contributed by atoms with Crippen LogP contribution in [0.3, 0.4) is 0 Å². The van der Waals surface area contributed by atoms with E-state index in [9.17, 15) is 26.7 Å². The van der Waals surface area contributed by atoms with E-state index >= 15 is 0 Å². The van der Waals surface area contributed by atoms with Crippen molar-refractivity contribution in [2.75, 3.05) is 0 Å². The number of hydrogen-bond acceptors (Lipinski definition) is 3. The van der Waals surface area contributed by atoms with Gasteiger partial charge in [-0.2, -0.15) is 0 Å². The van der Waals surface area contributed by atoms with Gasteiger partial charge in [0.2, 0.25) is 0 Å². The van der Waals surface area contributed by atoms with Crippen molar-refractivity contribution >= 4 is 17.6 Å². The van der Waals surface area contributed by atoms with Gasteiger partial charge in [-0.15, -0.1) is 13.2 Å². The van der Waals surface area contributed by atoms with Gasteiger partial charge in [-0.25, -0.2) is 13.8 Å². The fourth-order valence-corrected chi connectivity index (χ4v) is 1.46. The fraction of sp³-hybridized carbons (Fsp3) is 0.333. The number of rotatable bonds is 4. The molecule has 106 valence electrons. The summed E-state index contributed by atoms with van der Waals surface area (Å²) < 4.78 is 65.2. The number of nitrogens with zero attached hydrogens (tertiary/aromatic N) is 1. The number of aromatic nitrogens is 1. The molecule has 0 saturated heterocycles. The topological polar surface area (TPSA) is 59.4 Å². The summed E-state index contributed by atoms with van der Waals surface area (Å²) in [6.45, 7) is 0. The van der Waals surface area contributed by atoms with E-state index in [-0.39, 0.29) is 0 Å². The zero-order valence-electron chi connectivity index (χ0n) is 8.84. The van der Waals surface area contributed by atoms with E-state index in [1.165, 1.54) is 0 Å². The Bertz CT molecular complexity index is 491. The minimum Gasteiger partial charge on any atom is -0.481 e. The molecule has 0 aliphatic heterocycles. The molecular weight excluding hydrogens is 301 g/mol. The molecule has 0 unspecified atom stereocenters. The van der Waals surface area contributed by atoms with Gasteiger partial charge in [0, 0.05) is 11.8 Å². The van der Waals surface area contributed by atoms with Crippen molar-refractivity contribution in [2.45, 2.75) is 19.2 Å². The van der Waals surface area contributed by atoms with Gasteiger partial charge >= 0.3 is 12.3 Å². The lowest BCUT2D eigenvalue weighted by atomic mass is 10.1. The van der Waals surface area contributed by atoms with E-state index in [0.717, 1.165) is 0 Å². The van der Waals surface area contributed by atoms with E-state index < -0.39 is 47.2 Å². The summed E-state index contributed by atoms with van der Waals surface area (Å²) in [4.78, 5) is 13.7. The third kappa shape index (κ3) is 4.19. The van der Waals surface area contributed by atoms with Crippen molar-refractivity contribution in [1.29, 1.82) is 0 Å². The van der Waals surface area contributed by atoms with Crippen LogP contribution in [-0.4, -0.2) is 22.4 Å². The highest BCUT2D eigenvalue weighted by atomic mass is 35.5. The normalized spacial score (nSPS) is 11.7. The second-order valence-corrected chi connectivity index (χ2v) is 3.59.